The van der Waals surface area contributed by atoms with Crippen LogP contribution in [0.15, 0.2) is 88.6 Å². The van der Waals surface area contributed by atoms with Crippen molar-refractivity contribution in [3.8, 4) is 17.2 Å². The number of carbonyl (C=O) groups is 1. The topological polar surface area (TPSA) is 98.8 Å². The van der Waals surface area contributed by atoms with Gasteiger partial charge in [0.05, 0.1) is 17.0 Å². The van der Waals surface area contributed by atoms with Crippen molar-refractivity contribution in [2.24, 2.45) is 0 Å². The van der Waals surface area contributed by atoms with Crippen molar-refractivity contribution < 1.29 is 31.9 Å². The number of hydrogen-bond acceptors (Lipinski definition) is 9. The predicted molar refractivity (Wildman–Crippen MR) is 165 cm³/mol. The van der Waals surface area contributed by atoms with E-state index in [2.05, 4.69) is 20.1 Å². The Bertz CT molecular complexity index is 1870. The minimum Gasteiger partial charge on any atom is -0.454 e. The molecule has 2 aliphatic rings. The zero-order chi connectivity index (χ0) is 32.4. The van der Waals surface area contributed by atoms with Gasteiger partial charge in [0.15, 0.2) is 22.3 Å². The number of thioether (sulfide) groups is 1. The molecular formula is C33H29F3N6O4S. The predicted octanol–water partition coefficient (Wildman–Crippen LogP) is 5.84. The van der Waals surface area contributed by atoms with Crippen LogP contribution in [0.4, 0.5) is 13.2 Å². The normalized spacial score (nSPS) is 14.9. The van der Waals surface area contributed by atoms with Gasteiger partial charge in [-0.15, -0.1) is 10.2 Å². The fourth-order valence-corrected chi connectivity index (χ4v) is 6.36. The van der Waals surface area contributed by atoms with Crippen molar-refractivity contribution in [2.45, 2.75) is 30.1 Å². The SMILES string of the molecule is O=C(c1coc(CSc2nnc(Cc3ccccc3)n2-c2cccc(C(F)(F)F)c2)n1)N1CCN(Cc2ccc3c(c2)OCO3)CC1. The van der Waals surface area contributed by atoms with Gasteiger partial charge in [-0.25, -0.2) is 4.98 Å². The molecule has 10 nitrogen and oxygen atoms in total. The van der Waals surface area contributed by atoms with E-state index in [1.54, 1.807) is 15.5 Å². The number of fused-ring (bicyclic) bond motifs is 1. The number of amides is 1. The van der Waals surface area contributed by atoms with E-state index in [1.807, 2.05) is 48.5 Å². The number of nitrogens with zero attached hydrogens (tertiary/aromatic N) is 6. The Hall–Kier alpha value is -4.82. The van der Waals surface area contributed by atoms with Gasteiger partial charge in [-0.3, -0.25) is 14.3 Å². The average Bonchev–Trinajstić information content (AvgIpc) is 3.84. The molecule has 0 unspecified atom stereocenters. The van der Waals surface area contributed by atoms with Gasteiger partial charge >= 0.3 is 6.18 Å². The zero-order valence-electron chi connectivity index (χ0n) is 25.0. The molecule has 0 radical (unpaired) electrons. The second kappa shape index (κ2) is 13.1. The van der Waals surface area contributed by atoms with Gasteiger partial charge in [-0.05, 0) is 41.5 Å². The molecule has 4 heterocycles. The van der Waals surface area contributed by atoms with Gasteiger partial charge in [0.1, 0.15) is 12.1 Å². The van der Waals surface area contributed by atoms with Gasteiger partial charge < -0.3 is 18.8 Å². The Morgan fingerprint density at radius 1 is 0.872 bits per heavy atom. The lowest BCUT2D eigenvalue weighted by molar-refractivity contribution is -0.137. The highest BCUT2D eigenvalue weighted by Gasteiger charge is 2.31. The molecule has 0 saturated carbocycles. The first-order valence-electron chi connectivity index (χ1n) is 14.9. The maximum Gasteiger partial charge on any atom is 0.416 e. The molecule has 1 saturated heterocycles. The third kappa shape index (κ3) is 6.98. The number of ether oxygens (including phenoxy) is 2. The second-order valence-corrected chi connectivity index (χ2v) is 12.1. The number of halogens is 3. The van der Waals surface area contributed by atoms with Crippen molar-refractivity contribution in [1.29, 1.82) is 0 Å². The molecule has 2 aromatic heterocycles. The summed E-state index contributed by atoms with van der Waals surface area (Å²) in [7, 11) is 0. The molecule has 0 N–H and O–H groups in total. The molecule has 0 aliphatic carbocycles. The number of hydrogen-bond donors (Lipinski definition) is 0. The van der Waals surface area contributed by atoms with Gasteiger partial charge in [-0.2, -0.15) is 13.2 Å². The summed E-state index contributed by atoms with van der Waals surface area (Å²) < 4.78 is 58.8. The monoisotopic (exact) mass is 662 g/mol. The summed E-state index contributed by atoms with van der Waals surface area (Å²) in [5.74, 6) is 2.26. The molecule has 7 rings (SSSR count). The average molecular weight is 663 g/mol. The zero-order valence-corrected chi connectivity index (χ0v) is 25.8. The smallest absolute Gasteiger partial charge is 0.416 e. The van der Waals surface area contributed by atoms with Crippen LogP contribution < -0.4 is 9.47 Å². The highest BCUT2D eigenvalue weighted by Crippen LogP contribution is 2.34. The minimum absolute atomic E-state index is 0.193. The summed E-state index contributed by atoms with van der Waals surface area (Å²) in [5.41, 5.74) is 1.78. The molecule has 5 aromatic rings. The summed E-state index contributed by atoms with van der Waals surface area (Å²) in [5, 5.41) is 8.99. The largest absolute Gasteiger partial charge is 0.454 e. The maximum atomic E-state index is 13.6. The summed E-state index contributed by atoms with van der Waals surface area (Å²) in [6, 6.07) is 20.5. The first-order valence-corrected chi connectivity index (χ1v) is 15.9. The summed E-state index contributed by atoms with van der Waals surface area (Å²) in [4.78, 5) is 21.7. The quantitative estimate of drug-likeness (QED) is 0.180. The molecule has 0 atom stereocenters. The Balaban J connectivity index is 1.00. The molecular weight excluding hydrogens is 633 g/mol. The van der Waals surface area contributed by atoms with Crippen LogP contribution in [0, 0.1) is 0 Å². The van der Waals surface area contributed by atoms with Gasteiger partial charge in [0.25, 0.3) is 5.91 Å². The summed E-state index contributed by atoms with van der Waals surface area (Å²) >= 11 is 1.21. The van der Waals surface area contributed by atoms with Crippen LogP contribution in [0.3, 0.4) is 0 Å². The highest BCUT2D eigenvalue weighted by molar-refractivity contribution is 7.98. The van der Waals surface area contributed by atoms with Crippen LogP contribution in [0.5, 0.6) is 11.5 Å². The molecule has 0 spiro atoms. The first kappa shape index (κ1) is 30.8. The van der Waals surface area contributed by atoms with Crippen molar-refractivity contribution in [3.63, 3.8) is 0 Å². The lowest BCUT2D eigenvalue weighted by atomic mass is 10.1. The molecule has 242 valence electrons. The molecule has 1 fully saturated rings. The highest BCUT2D eigenvalue weighted by atomic mass is 32.2. The lowest BCUT2D eigenvalue weighted by Gasteiger charge is -2.34. The van der Waals surface area contributed by atoms with E-state index in [1.165, 1.54) is 24.1 Å². The van der Waals surface area contributed by atoms with Crippen LogP contribution >= 0.6 is 11.8 Å². The van der Waals surface area contributed by atoms with Crippen LogP contribution in [-0.2, 0) is 24.9 Å². The Morgan fingerprint density at radius 3 is 2.49 bits per heavy atom. The molecule has 0 bridgehead atoms. The van der Waals surface area contributed by atoms with Crippen LogP contribution in [-0.4, -0.2) is 68.4 Å². The van der Waals surface area contributed by atoms with Crippen molar-refractivity contribution in [3.05, 3.63) is 113 Å². The number of rotatable bonds is 9. The van der Waals surface area contributed by atoms with Gasteiger partial charge in [0, 0.05) is 39.1 Å². The fourth-order valence-electron chi connectivity index (χ4n) is 5.54. The molecule has 14 heteroatoms. The van der Waals surface area contributed by atoms with E-state index in [-0.39, 0.29) is 24.1 Å². The standard InChI is InChI=1S/C33H29F3N6O4S/c34-33(35,36)24-7-4-8-25(17-24)42-29(16-22-5-2-1-3-6-22)38-39-32(42)47-20-30-37-26(19-44-30)31(43)41-13-11-40(12-14-41)18-23-9-10-27-28(15-23)46-21-45-27/h1-10,15,17,19H,11-14,16,18,20-21H2. The lowest BCUT2D eigenvalue weighted by Crippen LogP contribution is -2.48. The molecule has 2 aliphatic heterocycles. The minimum atomic E-state index is -4.50. The van der Waals surface area contributed by atoms with E-state index in [0.717, 1.165) is 41.3 Å². The van der Waals surface area contributed by atoms with Crippen LogP contribution in [0.1, 0.15) is 38.9 Å². The maximum absolute atomic E-state index is 13.6. The number of alkyl halides is 3. The Labute approximate surface area is 272 Å². The Kier molecular flexibility index (Phi) is 8.60. The second-order valence-electron chi connectivity index (χ2n) is 11.1. The summed E-state index contributed by atoms with van der Waals surface area (Å²) in [6.45, 7) is 3.48. The third-order valence-electron chi connectivity index (χ3n) is 7.94. The number of piperazine rings is 1. The number of carbonyl (C=O) groups excluding carboxylic acids is 1. The van der Waals surface area contributed by atoms with Gasteiger partial charge in [0.2, 0.25) is 12.7 Å². The van der Waals surface area contributed by atoms with Crippen molar-refractivity contribution >= 4 is 17.7 Å². The van der Waals surface area contributed by atoms with E-state index in [9.17, 15) is 18.0 Å². The third-order valence-corrected chi connectivity index (χ3v) is 8.85. The molecule has 1 amide bonds. The van der Waals surface area contributed by atoms with E-state index in [0.29, 0.717) is 55.2 Å². The van der Waals surface area contributed by atoms with Gasteiger partial charge in [-0.1, -0.05) is 54.2 Å². The summed E-state index contributed by atoms with van der Waals surface area (Å²) in [6.07, 6.45) is -2.79. The van der Waals surface area contributed by atoms with E-state index in [4.69, 9.17) is 13.9 Å². The van der Waals surface area contributed by atoms with Crippen molar-refractivity contribution in [2.75, 3.05) is 33.0 Å². The molecule has 3 aromatic carbocycles. The van der Waals surface area contributed by atoms with E-state index < -0.39 is 11.7 Å². The van der Waals surface area contributed by atoms with Crippen LogP contribution in [0.25, 0.3) is 5.69 Å². The molecule has 47 heavy (non-hydrogen) atoms. The number of aromatic nitrogens is 4. The number of oxazole rings is 1. The first-order chi connectivity index (χ1) is 22.8. The van der Waals surface area contributed by atoms with E-state index >= 15 is 0 Å². The van der Waals surface area contributed by atoms with Crippen molar-refractivity contribution in [1.82, 2.24) is 29.5 Å². The fraction of sp³-hybridized carbons (Fsp3) is 0.273. The van der Waals surface area contributed by atoms with Crippen LogP contribution in [0.2, 0.25) is 0 Å². The number of benzene rings is 3. The Morgan fingerprint density at radius 2 is 1.68 bits per heavy atom.